The molecule has 0 bridgehead atoms. The van der Waals surface area contributed by atoms with Crippen LogP contribution in [0.3, 0.4) is 0 Å². The molecule has 0 fully saturated rings. The molecule has 0 saturated carbocycles. The van der Waals surface area contributed by atoms with Crippen molar-refractivity contribution in [3.05, 3.63) is 48.0 Å². The van der Waals surface area contributed by atoms with E-state index in [4.69, 9.17) is 4.74 Å². The molecule has 0 heterocycles. The standard InChI is InChI=1S/C16H12F5NO4/c1-24-12-8-4-5-9(13(12)25-15(17)18)14(23)22-10-6-2-3-7-11(10)26-16(19,20)21/h2-8,15H,1H3,(H,22,23). The van der Waals surface area contributed by atoms with Crippen LogP contribution in [0.25, 0.3) is 0 Å². The second kappa shape index (κ2) is 7.89. The fraction of sp³-hybridized carbons (Fsp3) is 0.188. The Bertz CT molecular complexity index is 779. The molecule has 10 heteroatoms. The predicted molar refractivity (Wildman–Crippen MR) is 80.7 cm³/mol. The average molecular weight is 377 g/mol. The molecule has 0 spiro atoms. The van der Waals surface area contributed by atoms with Crippen LogP contribution in [0.15, 0.2) is 42.5 Å². The van der Waals surface area contributed by atoms with Crippen molar-refractivity contribution in [2.45, 2.75) is 13.0 Å². The Balaban J connectivity index is 2.34. The van der Waals surface area contributed by atoms with Gasteiger partial charge in [0.15, 0.2) is 17.2 Å². The Kier molecular flexibility index (Phi) is 5.86. The fourth-order valence-corrected chi connectivity index (χ4v) is 2.04. The van der Waals surface area contributed by atoms with Crippen molar-refractivity contribution in [3.63, 3.8) is 0 Å². The van der Waals surface area contributed by atoms with Gasteiger partial charge in [-0.25, -0.2) is 0 Å². The van der Waals surface area contributed by atoms with E-state index in [0.29, 0.717) is 0 Å². The minimum atomic E-state index is -4.97. The number of halogens is 5. The average Bonchev–Trinajstić information content (AvgIpc) is 2.55. The lowest BCUT2D eigenvalue weighted by Crippen LogP contribution is -2.20. The van der Waals surface area contributed by atoms with Gasteiger partial charge in [-0.05, 0) is 24.3 Å². The lowest BCUT2D eigenvalue weighted by atomic mass is 10.1. The molecule has 26 heavy (non-hydrogen) atoms. The molecule has 1 N–H and O–H groups in total. The van der Waals surface area contributed by atoms with E-state index in [9.17, 15) is 26.7 Å². The normalized spacial score (nSPS) is 11.2. The molecule has 0 radical (unpaired) electrons. The highest BCUT2D eigenvalue weighted by Gasteiger charge is 2.32. The third-order valence-corrected chi connectivity index (χ3v) is 3.01. The van der Waals surface area contributed by atoms with Crippen molar-refractivity contribution in [2.24, 2.45) is 0 Å². The van der Waals surface area contributed by atoms with Gasteiger partial charge in [0.2, 0.25) is 0 Å². The summed E-state index contributed by atoms with van der Waals surface area (Å²) in [5, 5.41) is 2.17. The fourth-order valence-electron chi connectivity index (χ4n) is 2.04. The number of para-hydroxylation sites is 3. The summed E-state index contributed by atoms with van der Waals surface area (Å²) in [6, 6.07) is 8.56. The maximum absolute atomic E-state index is 12.6. The van der Waals surface area contributed by atoms with Crippen LogP contribution in [0.1, 0.15) is 10.4 Å². The first-order valence-electron chi connectivity index (χ1n) is 6.99. The molecule has 0 saturated heterocycles. The van der Waals surface area contributed by atoms with E-state index in [0.717, 1.165) is 18.2 Å². The Morgan fingerprint density at radius 2 is 1.69 bits per heavy atom. The van der Waals surface area contributed by atoms with Crippen molar-refractivity contribution in [3.8, 4) is 17.2 Å². The summed E-state index contributed by atoms with van der Waals surface area (Å²) in [7, 11) is 1.18. The summed E-state index contributed by atoms with van der Waals surface area (Å²) in [5.41, 5.74) is -0.660. The second-order valence-corrected chi connectivity index (χ2v) is 4.71. The molecule has 0 aliphatic heterocycles. The van der Waals surface area contributed by atoms with Crippen molar-refractivity contribution in [1.29, 1.82) is 0 Å². The van der Waals surface area contributed by atoms with Gasteiger partial charge < -0.3 is 19.5 Å². The molecule has 0 atom stereocenters. The Labute approximate surface area is 144 Å². The van der Waals surface area contributed by atoms with Gasteiger partial charge >= 0.3 is 13.0 Å². The van der Waals surface area contributed by atoms with Gasteiger partial charge in [0.05, 0.1) is 18.4 Å². The van der Waals surface area contributed by atoms with Crippen LogP contribution >= 0.6 is 0 Å². The number of rotatable bonds is 6. The number of anilines is 1. The van der Waals surface area contributed by atoms with Crippen molar-refractivity contribution < 1.29 is 41.0 Å². The molecule has 0 aromatic heterocycles. The molecular formula is C16H12F5NO4. The van der Waals surface area contributed by atoms with Gasteiger partial charge in [-0.15, -0.1) is 13.2 Å². The highest BCUT2D eigenvalue weighted by molar-refractivity contribution is 6.07. The number of nitrogens with one attached hydrogen (secondary N) is 1. The van der Waals surface area contributed by atoms with E-state index < -0.39 is 30.4 Å². The first-order chi connectivity index (χ1) is 12.2. The van der Waals surface area contributed by atoms with Gasteiger partial charge in [-0.2, -0.15) is 8.78 Å². The number of carbonyl (C=O) groups is 1. The van der Waals surface area contributed by atoms with Gasteiger partial charge in [0, 0.05) is 0 Å². The van der Waals surface area contributed by atoms with E-state index in [2.05, 4.69) is 14.8 Å². The molecule has 0 aliphatic carbocycles. The summed E-state index contributed by atoms with van der Waals surface area (Å²) in [6.45, 7) is -3.24. The van der Waals surface area contributed by atoms with Crippen LogP contribution in [-0.2, 0) is 0 Å². The lowest BCUT2D eigenvalue weighted by molar-refractivity contribution is -0.274. The van der Waals surface area contributed by atoms with E-state index in [-0.39, 0.29) is 17.0 Å². The van der Waals surface area contributed by atoms with E-state index >= 15 is 0 Å². The molecular weight excluding hydrogens is 365 g/mol. The molecule has 5 nitrogen and oxygen atoms in total. The summed E-state index contributed by atoms with van der Waals surface area (Å²) < 4.78 is 75.5. The van der Waals surface area contributed by atoms with Crippen molar-refractivity contribution >= 4 is 11.6 Å². The molecule has 140 valence electrons. The third-order valence-electron chi connectivity index (χ3n) is 3.01. The zero-order valence-corrected chi connectivity index (χ0v) is 13.1. The molecule has 2 aromatic carbocycles. The summed E-state index contributed by atoms with van der Waals surface area (Å²) in [6.07, 6.45) is -4.97. The highest BCUT2D eigenvalue weighted by atomic mass is 19.4. The maximum Gasteiger partial charge on any atom is 0.573 e. The zero-order chi connectivity index (χ0) is 19.3. The quantitative estimate of drug-likeness (QED) is 0.756. The number of methoxy groups -OCH3 is 1. The van der Waals surface area contributed by atoms with Crippen LogP contribution < -0.4 is 19.5 Å². The predicted octanol–water partition coefficient (Wildman–Crippen LogP) is 4.45. The van der Waals surface area contributed by atoms with Crippen LogP contribution in [-0.4, -0.2) is 26.0 Å². The van der Waals surface area contributed by atoms with E-state index in [1.165, 1.54) is 31.4 Å². The number of ether oxygens (including phenoxy) is 3. The van der Waals surface area contributed by atoms with E-state index in [1.807, 2.05) is 0 Å². The smallest absolute Gasteiger partial charge is 0.493 e. The minimum absolute atomic E-state index is 0.141. The Morgan fingerprint density at radius 3 is 2.31 bits per heavy atom. The van der Waals surface area contributed by atoms with Gasteiger partial charge in [0.25, 0.3) is 5.91 Å². The number of hydrogen-bond acceptors (Lipinski definition) is 4. The molecule has 0 aliphatic rings. The second-order valence-electron chi connectivity index (χ2n) is 4.71. The SMILES string of the molecule is COc1cccc(C(=O)Nc2ccccc2OC(F)(F)F)c1OC(F)F. The van der Waals surface area contributed by atoms with Crippen LogP contribution in [0, 0.1) is 0 Å². The number of carbonyl (C=O) groups excluding carboxylic acids is 1. The Morgan fingerprint density at radius 1 is 1.04 bits per heavy atom. The van der Waals surface area contributed by atoms with Crippen molar-refractivity contribution in [2.75, 3.05) is 12.4 Å². The first kappa shape index (κ1) is 19.3. The molecule has 2 aromatic rings. The first-order valence-corrected chi connectivity index (χ1v) is 6.99. The largest absolute Gasteiger partial charge is 0.573 e. The minimum Gasteiger partial charge on any atom is -0.493 e. The maximum atomic E-state index is 12.6. The van der Waals surface area contributed by atoms with Gasteiger partial charge in [-0.3, -0.25) is 4.79 Å². The van der Waals surface area contributed by atoms with Crippen molar-refractivity contribution in [1.82, 2.24) is 0 Å². The van der Waals surface area contributed by atoms with Crippen LogP contribution in [0.5, 0.6) is 17.2 Å². The number of alkyl halides is 5. The van der Waals surface area contributed by atoms with Gasteiger partial charge in [-0.1, -0.05) is 18.2 Å². The third kappa shape index (κ3) is 4.98. The highest BCUT2D eigenvalue weighted by Crippen LogP contribution is 2.34. The summed E-state index contributed by atoms with van der Waals surface area (Å²) in [4.78, 5) is 12.4. The topological polar surface area (TPSA) is 56.8 Å². The summed E-state index contributed by atoms with van der Waals surface area (Å²) in [5.74, 6) is -2.33. The van der Waals surface area contributed by atoms with Crippen LogP contribution in [0.4, 0.5) is 27.6 Å². The number of hydrogen-bond donors (Lipinski definition) is 1. The lowest BCUT2D eigenvalue weighted by Gasteiger charge is -2.16. The monoisotopic (exact) mass is 377 g/mol. The zero-order valence-electron chi connectivity index (χ0n) is 13.1. The molecule has 0 unspecified atom stereocenters. The Hall–Kier alpha value is -3.04. The molecule has 2 rings (SSSR count). The number of amides is 1. The van der Waals surface area contributed by atoms with Gasteiger partial charge in [0.1, 0.15) is 0 Å². The van der Waals surface area contributed by atoms with E-state index in [1.54, 1.807) is 0 Å². The summed E-state index contributed by atoms with van der Waals surface area (Å²) >= 11 is 0. The molecule has 1 amide bonds. The van der Waals surface area contributed by atoms with Crippen LogP contribution in [0.2, 0.25) is 0 Å². The number of benzene rings is 2.